The van der Waals surface area contributed by atoms with Gasteiger partial charge in [0.15, 0.2) is 23.0 Å². The molecule has 0 aliphatic carbocycles. The van der Waals surface area contributed by atoms with Gasteiger partial charge < -0.3 is 24.1 Å². The second-order valence-corrected chi connectivity index (χ2v) is 6.17. The van der Waals surface area contributed by atoms with Gasteiger partial charge in [-0.05, 0) is 35.3 Å². The molecule has 26 heavy (non-hydrogen) atoms. The molecule has 0 atom stereocenters. The summed E-state index contributed by atoms with van der Waals surface area (Å²) >= 11 is 1.33. The van der Waals surface area contributed by atoms with Crippen LogP contribution in [0.1, 0.15) is 0 Å². The summed E-state index contributed by atoms with van der Waals surface area (Å²) in [5, 5.41) is 10.1. The summed E-state index contributed by atoms with van der Waals surface area (Å²) in [7, 11) is 6.28. The molecule has 0 fully saturated rings. The Balaban J connectivity index is 2.19. The number of phenolic OH excluding ortho intramolecular Hbond substituents is 1. The molecule has 0 spiro atoms. The molecule has 0 amide bonds. The normalized spacial score (nSPS) is 10.5. The third-order valence-corrected chi connectivity index (χ3v) is 4.83. The van der Waals surface area contributed by atoms with E-state index in [4.69, 9.17) is 18.9 Å². The minimum atomic E-state index is 0.0670. The molecule has 0 unspecified atom stereocenters. The molecule has 1 heterocycles. The molecule has 136 valence electrons. The third-order valence-electron chi connectivity index (χ3n) is 3.99. The van der Waals surface area contributed by atoms with Crippen molar-refractivity contribution < 1.29 is 24.1 Å². The lowest BCUT2D eigenvalue weighted by molar-refractivity contribution is 0.350. The Morgan fingerprint density at radius 1 is 0.846 bits per heavy atom. The number of nitrogens with zero attached hydrogens (tertiary/aromatic N) is 1. The van der Waals surface area contributed by atoms with Crippen molar-refractivity contribution in [1.82, 2.24) is 4.37 Å². The first kappa shape index (κ1) is 17.9. The minimum absolute atomic E-state index is 0.0670. The van der Waals surface area contributed by atoms with Crippen LogP contribution in [0.2, 0.25) is 0 Å². The maximum Gasteiger partial charge on any atom is 0.169 e. The molecule has 0 aliphatic rings. The van der Waals surface area contributed by atoms with Gasteiger partial charge in [-0.15, -0.1) is 0 Å². The number of phenols is 1. The molecule has 6 nitrogen and oxygen atoms in total. The van der Waals surface area contributed by atoms with E-state index in [1.807, 2.05) is 12.1 Å². The van der Waals surface area contributed by atoms with Crippen LogP contribution in [0.4, 0.5) is 0 Å². The SMILES string of the molecule is COc1cc(OC)c(OC)c(-c2sncc2-c2ccc(OC)c(O)c2)c1. The number of aromatic nitrogens is 1. The van der Waals surface area contributed by atoms with E-state index in [-0.39, 0.29) is 5.75 Å². The maximum absolute atomic E-state index is 10.1. The highest BCUT2D eigenvalue weighted by Gasteiger charge is 2.20. The first-order valence-corrected chi connectivity index (χ1v) is 8.52. The van der Waals surface area contributed by atoms with E-state index in [0.29, 0.717) is 23.0 Å². The average molecular weight is 373 g/mol. The Hall–Kier alpha value is -2.93. The Kier molecular flexibility index (Phi) is 5.18. The first-order valence-electron chi connectivity index (χ1n) is 7.75. The molecule has 0 saturated heterocycles. The van der Waals surface area contributed by atoms with Gasteiger partial charge in [0, 0.05) is 23.4 Å². The Bertz CT molecular complexity index is 922. The minimum Gasteiger partial charge on any atom is -0.504 e. The summed E-state index contributed by atoms with van der Waals surface area (Å²) in [4.78, 5) is 0.878. The summed E-state index contributed by atoms with van der Waals surface area (Å²) in [5.74, 6) is 2.29. The lowest BCUT2D eigenvalue weighted by Crippen LogP contribution is -1.95. The van der Waals surface area contributed by atoms with Gasteiger partial charge in [-0.1, -0.05) is 6.07 Å². The van der Waals surface area contributed by atoms with Gasteiger partial charge >= 0.3 is 0 Å². The molecular weight excluding hydrogens is 354 g/mol. The number of ether oxygens (including phenoxy) is 4. The van der Waals surface area contributed by atoms with Gasteiger partial charge in [0.2, 0.25) is 0 Å². The van der Waals surface area contributed by atoms with E-state index in [1.165, 1.54) is 18.6 Å². The lowest BCUT2D eigenvalue weighted by atomic mass is 10.0. The largest absolute Gasteiger partial charge is 0.504 e. The molecule has 3 aromatic rings. The molecule has 1 aromatic heterocycles. The van der Waals surface area contributed by atoms with Crippen molar-refractivity contribution in [1.29, 1.82) is 0 Å². The molecule has 2 aromatic carbocycles. The van der Waals surface area contributed by atoms with E-state index >= 15 is 0 Å². The van der Waals surface area contributed by atoms with Crippen LogP contribution >= 0.6 is 11.5 Å². The quantitative estimate of drug-likeness (QED) is 0.698. The summed E-state index contributed by atoms with van der Waals surface area (Å²) in [5.41, 5.74) is 2.48. The number of hydrogen-bond donors (Lipinski definition) is 1. The first-order chi connectivity index (χ1) is 12.6. The number of benzene rings is 2. The molecule has 7 heteroatoms. The van der Waals surface area contributed by atoms with E-state index in [9.17, 15) is 5.11 Å². The number of hydrogen-bond acceptors (Lipinski definition) is 7. The van der Waals surface area contributed by atoms with Crippen LogP contribution in [0, 0.1) is 0 Å². The highest BCUT2D eigenvalue weighted by molar-refractivity contribution is 7.10. The maximum atomic E-state index is 10.1. The fourth-order valence-electron chi connectivity index (χ4n) is 2.72. The van der Waals surface area contributed by atoms with Gasteiger partial charge in [0.25, 0.3) is 0 Å². The molecule has 3 rings (SSSR count). The molecule has 0 bridgehead atoms. The third kappa shape index (κ3) is 3.13. The topological polar surface area (TPSA) is 70.0 Å². The van der Waals surface area contributed by atoms with Crippen molar-refractivity contribution in [3.05, 3.63) is 36.5 Å². The van der Waals surface area contributed by atoms with Gasteiger partial charge in [0.1, 0.15) is 5.75 Å². The van der Waals surface area contributed by atoms with Crippen LogP contribution in [-0.4, -0.2) is 37.9 Å². The smallest absolute Gasteiger partial charge is 0.169 e. The Morgan fingerprint density at radius 2 is 1.62 bits per heavy atom. The van der Waals surface area contributed by atoms with Crippen molar-refractivity contribution in [2.24, 2.45) is 0 Å². The fraction of sp³-hybridized carbons (Fsp3) is 0.211. The van der Waals surface area contributed by atoms with Crippen molar-refractivity contribution in [3.8, 4) is 50.3 Å². The fourth-order valence-corrected chi connectivity index (χ4v) is 3.51. The summed E-state index contributed by atoms with van der Waals surface area (Å²) < 4.78 is 25.8. The van der Waals surface area contributed by atoms with Crippen LogP contribution in [-0.2, 0) is 0 Å². The van der Waals surface area contributed by atoms with E-state index in [2.05, 4.69) is 4.37 Å². The summed E-state index contributed by atoms with van der Waals surface area (Å²) in [6.45, 7) is 0. The standard InChI is InChI=1S/C19H19NO5S/c1-22-12-8-13(18(25-4)17(9-12)24-3)19-14(10-20-26-19)11-5-6-16(23-2)15(21)7-11/h5-10,21H,1-4H3. The second-order valence-electron chi connectivity index (χ2n) is 5.37. The molecule has 0 saturated carbocycles. The monoisotopic (exact) mass is 373 g/mol. The predicted octanol–water partition coefficient (Wildman–Crippen LogP) is 4.22. The van der Waals surface area contributed by atoms with Crippen LogP contribution in [0.3, 0.4) is 0 Å². The van der Waals surface area contributed by atoms with Gasteiger partial charge in [0.05, 0.1) is 33.3 Å². The van der Waals surface area contributed by atoms with E-state index < -0.39 is 0 Å². The average Bonchev–Trinajstić information content (AvgIpc) is 3.16. The summed E-state index contributed by atoms with van der Waals surface area (Å²) in [6, 6.07) is 8.88. The van der Waals surface area contributed by atoms with Gasteiger partial charge in [-0.25, -0.2) is 0 Å². The van der Waals surface area contributed by atoms with Crippen LogP contribution < -0.4 is 18.9 Å². The van der Waals surface area contributed by atoms with Crippen LogP contribution in [0.15, 0.2) is 36.5 Å². The molecule has 0 aliphatic heterocycles. The highest BCUT2D eigenvalue weighted by atomic mass is 32.1. The predicted molar refractivity (Wildman–Crippen MR) is 101 cm³/mol. The number of rotatable bonds is 6. The van der Waals surface area contributed by atoms with Gasteiger partial charge in [-0.2, -0.15) is 4.37 Å². The number of aromatic hydroxyl groups is 1. The molecule has 0 radical (unpaired) electrons. The van der Waals surface area contributed by atoms with Gasteiger partial charge in [-0.3, -0.25) is 0 Å². The summed E-state index contributed by atoms with van der Waals surface area (Å²) in [6.07, 6.45) is 1.76. The van der Waals surface area contributed by atoms with Crippen molar-refractivity contribution in [2.45, 2.75) is 0 Å². The Labute approximate surface area is 155 Å². The zero-order chi connectivity index (χ0) is 18.7. The van der Waals surface area contributed by atoms with E-state index in [0.717, 1.165) is 21.6 Å². The highest BCUT2D eigenvalue weighted by Crippen LogP contribution is 2.46. The second kappa shape index (κ2) is 7.53. The van der Waals surface area contributed by atoms with Crippen molar-refractivity contribution >= 4 is 11.5 Å². The lowest BCUT2D eigenvalue weighted by Gasteiger charge is -2.15. The van der Waals surface area contributed by atoms with Crippen LogP contribution in [0.5, 0.6) is 28.7 Å². The number of methoxy groups -OCH3 is 4. The van der Waals surface area contributed by atoms with E-state index in [1.54, 1.807) is 45.7 Å². The zero-order valence-electron chi connectivity index (χ0n) is 14.9. The van der Waals surface area contributed by atoms with Crippen molar-refractivity contribution in [3.63, 3.8) is 0 Å². The van der Waals surface area contributed by atoms with Crippen LogP contribution in [0.25, 0.3) is 21.6 Å². The Morgan fingerprint density at radius 3 is 2.23 bits per heavy atom. The van der Waals surface area contributed by atoms with Crippen molar-refractivity contribution in [2.75, 3.05) is 28.4 Å². The molecular formula is C19H19NO5S. The molecule has 1 N–H and O–H groups in total. The zero-order valence-corrected chi connectivity index (χ0v) is 15.7.